The number of alkyl halides is 3. The summed E-state index contributed by atoms with van der Waals surface area (Å²) in [5, 5.41) is 13.6. The third-order valence-electron chi connectivity index (χ3n) is 5.59. The minimum absolute atomic E-state index is 0.105. The van der Waals surface area contributed by atoms with E-state index in [0.717, 1.165) is 11.1 Å². The zero-order valence-corrected chi connectivity index (χ0v) is 19.2. The van der Waals surface area contributed by atoms with Gasteiger partial charge in [-0.15, -0.1) is 11.3 Å². The summed E-state index contributed by atoms with van der Waals surface area (Å²) in [4.78, 5) is 22.7. The molecule has 1 unspecified atom stereocenters. The van der Waals surface area contributed by atoms with Crippen molar-refractivity contribution < 1.29 is 18.0 Å². The molecule has 176 valence electrons. The van der Waals surface area contributed by atoms with Gasteiger partial charge >= 0.3 is 6.18 Å². The summed E-state index contributed by atoms with van der Waals surface area (Å²) >= 11 is 1.32. The van der Waals surface area contributed by atoms with E-state index in [4.69, 9.17) is 5.26 Å². The zero-order valence-electron chi connectivity index (χ0n) is 18.4. The number of amides is 1. The molecular formula is C24H22F3N5OS. The van der Waals surface area contributed by atoms with Gasteiger partial charge in [0, 0.05) is 19.2 Å². The molecule has 0 spiro atoms. The Kier molecular flexibility index (Phi) is 6.84. The number of thiophene rings is 1. The van der Waals surface area contributed by atoms with Crippen molar-refractivity contribution in [1.29, 1.82) is 5.26 Å². The van der Waals surface area contributed by atoms with E-state index in [1.54, 1.807) is 23.1 Å². The van der Waals surface area contributed by atoms with E-state index in [1.807, 2.05) is 24.4 Å². The lowest BCUT2D eigenvalue weighted by Gasteiger charge is -2.26. The van der Waals surface area contributed by atoms with Crippen molar-refractivity contribution in [1.82, 2.24) is 15.3 Å². The molecule has 0 saturated carbocycles. The van der Waals surface area contributed by atoms with E-state index in [0.29, 0.717) is 42.8 Å². The Balaban J connectivity index is 1.51. The lowest BCUT2D eigenvalue weighted by molar-refractivity contribution is -0.144. The van der Waals surface area contributed by atoms with Crippen LogP contribution in [0.1, 0.15) is 35.4 Å². The molecule has 1 amide bonds. The fraction of sp³-hybridized carbons (Fsp3) is 0.333. The molecule has 3 aromatic rings. The maximum atomic E-state index is 13.5. The highest BCUT2D eigenvalue weighted by Crippen LogP contribution is 2.34. The summed E-state index contributed by atoms with van der Waals surface area (Å²) in [5.41, 5.74) is 2.68. The van der Waals surface area contributed by atoms with Gasteiger partial charge in [0.25, 0.3) is 0 Å². The molecule has 0 bridgehead atoms. The highest BCUT2D eigenvalue weighted by molar-refractivity contribution is 7.13. The van der Waals surface area contributed by atoms with Crippen molar-refractivity contribution in [2.24, 2.45) is 0 Å². The molecule has 0 radical (unpaired) electrons. The molecule has 1 aromatic carbocycles. The van der Waals surface area contributed by atoms with Gasteiger partial charge in [0.1, 0.15) is 11.9 Å². The quantitative estimate of drug-likeness (QED) is 0.546. The molecule has 3 heterocycles. The Bertz CT molecular complexity index is 1220. The predicted molar refractivity (Wildman–Crippen MR) is 123 cm³/mol. The summed E-state index contributed by atoms with van der Waals surface area (Å²) in [6.45, 7) is 2.68. The Morgan fingerprint density at radius 2 is 2.03 bits per heavy atom. The molecular weight excluding hydrogens is 463 g/mol. The first-order valence-corrected chi connectivity index (χ1v) is 11.7. The maximum absolute atomic E-state index is 13.5. The Morgan fingerprint density at radius 1 is 1.26 bits per heavy atom. The maximum Gasteiger partial charge on any atom is 0.451 e. The highest BCUT2D eigenvalue weighted by atomic mass is 32.1. The molecule has 0 aliphatic carbocycles. The van der Waals surface area contributed by atoms with Gasteiger partial charge in [-0.3, -0.25) is 4.79 Å². The number of nitrogens with zero attached hydrogens (tertiary/aromatic N) is 4. The molecule has 1 fully saturated rings. The van der Waals surface area contributed by atoms with Crippen molar-refractivity contribution in [3.05, 3.63) is 64.3 Å². The van der Waals surface area contributed by atoms with Gasteiger partial charge in [0.15, 0.2) is 0 Å². The Morgan fingerprint density at radius 3 is 2.68 bits per heavy atom. The second-order valence-electron chi connectivity index (χ2n) is 8.12. The molecule has 10 heteroatoms. The van der Waals surface area contributed by atoms with Crippen LogP contribution in [0.3, 0.4) is 0 Å². The molecule has 1 atom stereocenters. The first-order valence-electron chi connectivity index (χ1n) is 10.8. The normalized spacial score (nSPS) is 15.9. The van der Waals surface area contributed by atoms with Crippen LogP contribution in [0.4, 0.5) is 19.0 Å². The van der Waals surface area contributed by atoms with Crippen molar-refractivity contribution in [3.8, 4) is 16.6 Å². The van der Waals surface area contributed by atoms with Crippen LogP contribution in [0.5, 0.6) is 0 Å². The molecule has 1 aliphatic rings. The molecule has 1 saturated heterocycles. The highest BCUT2D eigenvalue weighted by Gasteiger charge is 2.38. The monoisotopic (exact) mass is 485 g/mol. The van der Waals surface area contributed by atoms with Crippen LogP contribution in [-0.2, 0) is 17.4 Å². The summed E-state index contributed by atoms with van der Waals surface area (Å²) in [5.74, 6) is -1.35. The number of benzene rings is 1. The number of nitrogens with one attached hydrogen (secondary N) is 1. The third-order valence-corrected chi connectivity index (χ3v) is 6.67. The number of nitriles is 1. The summed E-state index contributed by atoms with van der Waals surface area (Å²) in [7, 11) is 0. The summed E-state index contributed by atoms with van der Waals surface area (Å²) in [6, 6.07) is 11.9. The number of halogens is 3. The van der Waals surface area contributed by atoms with Gasteiger partial charge in [-0.25, -0.2) is 9.97 Å². The largest absolute Gasteiger partial charge is 0.451 e. The van der Waals surface area contributed by atoms with Crippen molar-refractivity contribution in [2.75, 3.05) is 18.0 Å². The fourth-order valence-corrected chi connectivity index (χ4v) is 4.77. The van der Waals surface area contributed by atoms with Gasteiger partial charge in [-0.2, -0.15) is 18.4 Å². The molecule has 1 aliphatic heterocycles. The zero-order chi connectivity index (χ0) is 24.3. The second-order valence-corrected chi connectivity index (χ2v) is 9.03. The van der Waals surface area contributed by atoms with Crippen LogP contribution in [0, 0.1) is 18.3 Å². The molecule has 2 aromatic heterocycles. The SMILES string of the molecule is Cc1csc(-c2cc(N3CCCC3C(=O)NCCc3ccc(C#N)cc3)nc(C(F)(F)F)n2)c1. The van der Waals surface area contributed by atoms with Gasteiger partial charge in [-0.1, -0.05) is 12.1 Å². The number of aryl methyl sites for hydroxylation is 1. The first-order chi connectivity index (χ1) is 16.2. The smallest absolute Gasteiger partial charge is 0.354 e. The lowest BCUT2D eigenvalue weighted by Crippen LogP contribution is -2.44. The number of hydrogen-bond donors (Lipinski definition) is 1. The number of carbonyl (C=O) groups is 1. The predicted octanol–water partition coefficient (Wildman–Crippen LogP) is 4.73. The summed E-state index contributed by atoms with van der Waals surface area (Å²) < 4.78 is 40.6. The second kappa shape index (κ2) is 9.81. The number of aromatic nitrogens is 2. The topological polar surface area (TPSA) is 81.9 Å². The molecule has 34 heavy (non-hydrogen) atoms. The lowest BCUT2D eigenvalue weighted by atomic mass is 10.1. The van der Waals surface area contributed by atoms with Crippen LogP contribution in [0.2, 0.25) is 0 Å². The summed E-state index contributed by atoms with van der Waals surface area (Å²) in [6.07, 6.45) is -2.92. The van der Waals surface area contributed by atoms with E-state index in [-0.39, 0.29) is 17.4 Å². The van der Waals surface area contributed by atoms with Crippen LogP contribution in [0.15, 0.2) is 41.8 Å². The van der Waals surface area contributed by atoms with Gasteiger partial charge in [0.05, 0.1) is 22.2 Å². The fourth-order valence-electron chi connectivity index (χ4n) is 3.91. The van der Waals surface area contributed by atoms with E-state index in [2.05, 4.69) is 21.4 Å². The number of hydrogen-bond acceptors (Lipinski definition) is 6. The Labute approximate surface area is 199 Å². The van der Waals surface area contributed by atoms with Gasteiger partial charge < -0.3 is 10.2 Å². The molecule has 6 nitrogen and oxygen atoms in total. The minimum atomic E-state index is -4.70. The Hall–Kier alpha value is -3.45. The van der Waals surface area contributed by atoms with E-state index in [1.165, 1.54) is 17.4 Å². The number of rotatable bonds is 6. The third kappa shape index (κ3) is 5.37. The average molecular weight is 486 g/mol. The van der Waals surface area contributed by atoms with Crippen molar-refractivity contribution >= 4 is 23.1 Å². The van der Waals surface area contributed by atoms with Crippen LogP contribution < -0.4 is 10.2 Å². The number of anilines is 1. The molecule has 1 N–H and O–H groups in total. The molecule has 4 rings (SSSR count). The number of carbonyl (C=O) groups excluding carboxylic acids is 1. The van der Waals surface area contributed by atoms with Gasteiger partial charge in [0.2, 0.25) is 11.7 Å². The van der Waals surface area contributed by atoms with Gasteiger partial charge in [-0.05, 0) is 60.9 Å². The van der Waals surface area contributed by atoms with Crippen LogP contribution >= 0.6 is 11.3 Å². The van der Waals surface area contributed by atoms with Crippen LogP contribution in [-0.4, -0.2) is 35.0 Å². The first kappa shape index (κ1) is 23.7. The standard InChI is InChI=1S/C24H22F3N5OS/c1-15-11-20(34-14-15)18-12-21(31-23(30-18)24(25,26)27)32-10-2-3-19(32)22(33)29-9-8-16-4-6-17(13-28)7-5-16/h4-7,11-12,14,19H,2-3,8-10H2,1H3,(H,29,33). The minimum Gasteiger partial charge on any atom is -0.354 e. The van der Waals surface area contributed by atoms with E-state index in [9.17, 15) is 18.0 Å². The van der Waals surface area contributed by atoms with Crippen molar-refractivity contribution in [2.45, 2.75) is 38.4 Å². The van der Waals surface area contributed by atoms with Crippen molar-refractivity contribution in [3.63, 3.8) is 0 Å². The van der Waals surface area contributed by atoms with Crippen LogP contribution in [0.25, 0.3) is 10.6 Å². The average Bonchev–Trinajstić information content (AvgIpc) is 3.48. The van der Waals surface area contributed by atoms with E-state index < -0.39 is 18.0 Å². The van der Waals surface area contributed by atoms with E-state index >= 15 is 0 Å².